The van der Waals surface area contributed by atoms with Gasteiger partial charge in [-0.1, -0.05) is 30.3 Å². The van der Waals surface area contributed by atoms with E-state index >= 15 is 0 Å². The normalized spacial score (nSPS) is 10.9. The molecule has 3 aromatic rings. The maximum absolute atomic E-state index is 11.7. The van der Waals surface area contributed by atoms with Crippen LogP contribution in [-0.4, -0.2) is 29.7 Å². The highest BCUT2D eigenvalue weighted by molar-refractivity contribution is 6.02. The van der Waals surface area contributed by atoms with Crippen LogP contribution in [0.5, 0.6) is 5.75 Å². The number of amides is 2. The van der Waals surface area contributed by atoms with Crippen LogP contribution in [0, 0.1) is 0 Å². The molecule has 1 aromatic heterocycles. The zero-order valence-corrected chi connectivity index (χ0v) is 13.1. The van der Waals surface area contributed by atoms with Gasteiger partial charge in [-0.3, -0.25) is 9.59 Å². The Morgan fingerprint density at radius 2 is 1.96 bits per heavy atom. The lowest BCUT2D eigenvalue weighted by Gasteiger charge is -2.05. The van der Waals surface area contributed by atoms with E-state index in [1.807, 2.05) is 24.3 Å². The third kappa shape index (κ3) is 3.84. The maximum atomic E-state index is 11.7. The molecule has 2 aromatic carbocycles. The van der Waals surface area contributed by atoms with Gasteiger partial charge in [0.15, 0.2) is 5.76 Å². The summed E-state index contributed by atoms with van der Waals surface area (Å²) in [4.78, 5) is 23.4. The number of hydrogen-bond acceptors (Lipinski definition) is 5. The number of rotatable bonds is 5. The zero-order valence-electron chi connectivity index (χ0n) is 13.1. The minimum Gasteiger partial charge on any atom is -0.507 e. The molecule has 0 saturated carbocycles. The van der Waals surface area contributed by atoms with Crippen molar-refractivity contribution in [1.29, 1.82) is 0 Å². The highest BCUT2D eigenvalue weighted by atomic mass is 16.3. The monoisotopic (exact) mass is 337 g/mol. The predicted molar refractivity (Wildman–Crippen MR) is 92.4 cm³/mol. The van der Waals surface area contributed by atoms with E-state index in [1.54, 1.807) is 18.2 Å². The van der Waals surface area contributed by atoms with Crippen LogP contribution in [0.1, 0.15) is 16.1 Å². The molecule has 7 heteroatoms. The van der Waals surface area contributed by atoms with Gasteiger partial charge in [0.2, 0.25) is 0 Å². The van der Waals surface area contributed by atoms with Gasteiger partial charge in [0.25, 0.3) is 11.8 Å². The molecule has 1 heterocycles. The van der Waals surface area contributed by atoms with Crippen molar-refractivity contribution in [3.05, 3.63) is 66.1 Å². The van der Waals surface area contributed by atoms with E-state index in [4.69, 9.17) is 4.42 Å². The number of furan rings is 1. The summed E-state index contributed by atoms with van der Waals surface area (Å²) in [5, 5.41) is 18.0. The zero-order chi connectivity index (χ0) is 17.6. The van der Waals surface area contributed by atoms with Crippen LogP contribution < -0.4 is 10.7 Å². The van der Waals surface area contributed by atoms with Crippen molar-refractivity contribution in [3.63, 3.8) is 0 Å². The van der Waals surface area contributed by atoms with Gasteiger partial charge in [0, 0.05) is 5.56 Å². The quantitative estimate of drug-likeness (QED) is 0.489. The minimum absolute atomic E-state index is 0.0582. The van der Waals surface area contributed by atoms with Crippen molar-refractivity contribution < 1.29 is 19.1 Å². The Hall–Kier alpha value is -3.61. The number of phenols is 1. The Kier molecular flexibility index (Phi) is 4.75. The lowest BCUT2D eigenvalue weighted by molar-refractivity contribution is -0.120. The number of nitrogens with zero attached hydrogens (tertiary/aromatic N) is 1. The molecule has 3 rings (SSSR count). The molecule has 7 nitrogen and oxygen atoms in total. The standard InChI is InChI=1S/C18H15N3O4/c22-15-8-7-12-4-1-2-5-13(12)14(15)10-20-21-17(23)11-19-18(24)16-6-3-9-25-16/h1-10,22H,11H2,(H,19,24)(H,21,23)/b20-10+. The first-order chi connectivity index (χ1) is 12.1. The smallest absolute Gasteiger partial charge is 0.287 e. The SMILES string of the molecule is O=C(CNC(=O)c1ccco1)N/N=C/c1c(O)ccc2ccccc12. The molecule has 0 spiro atoms. The number of phenolic OH excluding ortho intramolecular Hbond substituents is 1. The molecule has 0 aliphatic heterocycles. The third-order valence-electron chi connectivity index (χ3n) is 3.49. The molecule has 126 valence electrons. The van der Waals surface area contributed by atoms with Crippen LogP contribution in [0.15, 0.2) is 64.3 Å². The lowest BCUT2D eigenvalue weighted by Crippen LogP contribution is -2.34. The molecule has 0 aliphatic carbocycles. The Morgan fingerprint density at radius 3 is 2.76 bits per heavy atom. The molecular weight excluding hydrogens is 322 g/mol. The molecule has 0 saturated heterocycles. The van der Waals surface area contributed by atoms with E-state index in [-0.39, 0.29) is 18.1 Å². The van der Waals surface area contributed by atoms with Gasteiger partial charge in [-0.05, 0) is 29.0 Å². The van der Waals surface area contributed by atoms with Crippen molar-refractivity contribution in [1.82, 2.24) is 10.7 Å². The van der Waals surface area contributed by atoms with Gasteiger partial charge in [-0.25, -0.2) is 5.43 Å². The summed E-state index contributed by atoms with van der Waals surface area (Å²) in [6, 6.07) is 13.9. The van der Waals surface area contributed by atoms with Gasteiger partial charge in [-0.2, -0.15) is 5.10 Å². The summed E-state index contributed by atoms with van der Waals surface area (Å²) in [5.74, 6) is -0.813. The molecule has 2 amide bonds. The number of hydrazone groups is 1. The number of aromatic hydroxyl groups is 1. The second-order valence-corrected chi connectivity index (χ2v) is 5.17. The molecule has 0 atom stereocenters. The number of carbonyl (C=O) groups excluding carboxylic acids is 2. The first-order valence-corrected chi connectivity index (χ1v) is 7.49. The van der Waals surface area contributed by atoms with E-state index in [9.17, 15) is 14.7 Å². The van der Waals surface area contributed by atoms with Crippen LogP contribution in [0.3, 0.4) is 0 Å². The van der Waals surface area contributed by atoms with Crippen LogP contribution in [0.4, 0.5) is 0 Å². The Morgan fingerprint density at radius 1 is 1.12 bits per heavy atom. The van der Waals surface area contributed by atoms with Crippen LogP contribution in [-0.2, 0) is 4.79 Å². The summed E-state index contributed by atoms with van der Waals surface area (Å²) in [7, 11) is 0. The third-order valence-corrected chi connectivity index (χ3v) is 3.49. The number of fused-ring (bicyclic) bond motifs is 1. The average molecular weight is 337 g/mol. The average Bonchev–Trinajstić information content (AvgIpc) is 3.16. The van der Waals surface area contributed by atoms with E-state index in [2.05, 4.69) is 15.8 Å². The van der Waals surface area contributed by atoms with Crippen LogP contribution >= 0.6 is 0 Å². The second kappa shape index (κ2) is 7.31. The van der Waals surface area contributed by atoms with Crippen LogP contribution in [0.25, 0.3) is 10.8 Å². The Labute approximate surface area is 143 Å². The molecule has 0 bridgehead atoms. The van der Waals surface area contributed by atoms with Gasteiger partial charge in [0.05, 0.1) is 19.0 Å². The fourth-order valence-corrected chi connectivity index (χ4v) is 2.28. The van der Waals surface area contributed by atoms with Crippen molar-refractivity contribution in [2.24, 2.45) is 5.10 Å². The highest BCUT2D eigenvalue weighted by Gasteiger charge is 2.10. The van der Waals surface area contributed by atoms with Crippen LogP contribution in [0.2, 0.25) is 0 Å². The maximum Gasteiger partial charge on any atom is 0.287 e. The van der Waals surface area contributed by atoms with Crippen molar-refractivity contribution >= 4 is 28.8 Å². The minimum atomic E-state index is -0.504. The van der Waals surface area contributed by atoms with Gasteiger partial charge in [0.1, 0.15) is 5.75 Å². The van der Waals surface area contributed by atoms with Gasteiger partial charge < -0.3 is 14.8 Å². The van der Waals surface area contributed by atoms with E-state index in [1.165, 1.54) is 18.5 Å². The summed E-state index contributed by atoms with van der Waals surface area (Å²) in [5.41, 5.74) is 2.80. The fourth-order valence-electron chi connectivity index (χ4n) is 2.28. The molecule has 3 N–H and O–H groups in total. The van der Waals surface area contributed by atoms with Crippen molar-refractivity contribution in [3.8, 4) is 5.75 Å². The summed E-state index contributed by atoms with van der Waals surface area (Å²) in [6.07, 6.45) is 2.74. The number of carbonyl (C=O) groups is 2. The van der Waals surface area contributed by atoms with E-state index in [0.29, 0.717) is 5.56 Å². The number of hydrogen-bond donors (Lipinski definition) is 3. The van der Waals surface area contributed by atoms with E-state index in [0.717, 1.165) is 10.8 Å². The first kappa shape index (κ1) is 16.3. The number of benzene rings is 2. The Bertz CT molecular complexity index is 933. The van der Waals surface area contributed by atoms with Gasteiger partial charge >= 0.3 is 0 Å². The van der Waals surface area contributed by atoms with Crippen molar-refractivity contribution in [2.45, 2.75) is 0 Å². The predicted octanol–water partition coefficient (Wildman–Crippen LogP) is 2.02. The molecule has 25 heavy (non-hydrogen) atoms. The fraction of sp³-hybridized carbons (Fsp3) is 0.0556. The Balaban J connectivity index is 1.61. The first-order valence-electron chi connectivity index (χ1n) is 7.49. The summed E-state index contributed by atoms with van der Waals surface area (Å²) < 4.78 is 4.92. The molecule has 0 unspecified atom stereocenters. The molecule has 0 aliphatic rings. The summed E-state index contributed by atoms with van der Waals surface area (Å²) in [6.45, 7) is -0.252. The molecule has 0 fully saturated rings. The van der Waals surface area contributed by atoms with Crippen molar-refractivity contribution in [2.75, 3.05) is 6.54 Å². The molecular formula is C18H15N3O4. The lowest BCUT2D eigenvalue weighted by atomic mass is 10.0. The topological polar surface area (TPSA) is 104 Å². The molecule has 0 radical (unpaired) electrons. The number of nitrogens with one attached hydrogen (secondary N) is 2. The summed E-state index contributed by atoms with van der Waals surface area (Å²) >= 11 is 0. The largest absolute Gasteiger partial charge is 0.507 e. The highest BCUT2D eigenvalue weighted by Crippen LogP contribution is 2.25. The van der Waals surface area contributed by atoms with E-state index < -0.39 is 11.8 Å². The second-order valence-electron chi connectivity index (χ2n) is 5.17. The van der Waals surface area contributed by atoms with Gasteiger partial charge in [-0.15, -0.1) is 0 Å².